The van der Waals surface area contributed by atoms with Crippen molar-refractivity contribution in [1.82, 2.24) is 9.91 Å². The molecule has 4 rings (SSSR count). The summed E-state index contributed by atoms with van der Waals surface area (Å²) in [7, 11) is 3.12. The number of rotatable bonds is 9. The van der Waals surface area contributed by atoms with Crippen molar-refractivity contribution >= 4 is 28.9 Å². The van der Waals surface area contributed by atoms with E-state index >= 15 is 0 Å². The van der Waals surface area contributed by atoms with Gasteiger partial charge >= 0.3 is 0 Å². The van der Waals surface area contributed by atoms with E-state index in [4.69, 9.17) is 13.9 Å². The average molecular weight is 468 g/mol. The molecule has 1 aliphatic heterocycles. The van der Waals surface area contributed by atoms with Gasteiger partial charge in [0.1, 0.15) is 24.1 Å². The molecule has 2 aromatic heterocycles. The maximum atomic E-state index is 13.4. The van der Waals surface area contributed by atoms with Crippen LogP contribution >= 0.6 is 11.3 Å². The molecule has 0 saturated heterocycles. The minimum Gasteiger partial charge on any atom is -0.497 e. The van der Waals surface area contributed by atoms with Gasteiger partial charge in [0.05, 0.1) is 30.6 Å². The van der Waals surface area contributed by atoms with Gasteiger partial charge < -0.3 is 18.8 Å². The van der Waals surface area contributed by atoms with Gasteiger partial charge in [-0.3, -0.25) is 9.59 Å². The molecule has 2 amide bonds. The van der Waals surface area contributed by atoms with Crippen LogP contribution in [0.15, 0.2) is 69.7 Å². The Morgan fingerprint density at radius 3 is 2.64 bits per heavy atom. The molecule has 1 atom stereocenters. The first-order valence-electron chi connectivity index (χ1n) is 10.5. The molecule has 1 aromatic carbocycles. The summed E-state index contributed by atoms with van der Waals surface area (Å²) in [6, 6.07) is 14.0. The van der Waals surface area contributed by atoms with Gasteiger partial charge in [-0.2, -0.15) is 5.10 Å². The van der Waals surface area contributed by atoms with Gasteiger partial charge in [-0.1, -0.05) is 6.07 Å². The lowest BCUT2D eigenvalue weighted by Gasteiger charge is -2.26. The third kappa shape index (κ3) is 5.15. The Bertz CT molecular complexity index is 1090. The van der Waals surface area contributed by atoms with E-state index in [1.54, 1.807) is 62.2 Å². The minimum atomic E-state index is -0.357. The topological polar surface area (TPSA) is 84.6 Å². The van der Waals surface area contributed by atoms with Gasteiger partial charge in [-0.05, 0) is 47.8 Å². The normalized spacial score (nSPS) is 15.4. The molecule has 0 fully saturated rings. The Labute approximate surface area is 196 Å². The molecule has 0 radical (unpaired) electrons. The van der Waals surface area contributed by atoms with Gasteiger partial charge in [0.15, 0.2) is 0 Å². The van der Waals surface area contributed by atoms with Crippen molar-refractivity contribution in [2.24, 2.45) is 5.10 Å². The van der Waals surface area contributed by atoms with E-state index in [0.717, 1.165) is 10.6 Å². The van der Waals surface area contributed by atoms with Gasteiger partial charge in [0, 0.05) is 25.6 Å². The second-order valence-corrected chi connectivity index (χ2v) is 8.39. The summed E-state index contributed by atoms with van der Waals surface area (Å²) in [5.41, 5.74) is 1.29. The van der Waals surface area contributed by atoms with Crippen molar-refractivity contribution in [2.75, 3.05) is 33.9 Å². The van der Waals surface area contributed by atoms with E-state index in [1.807, 2.05) is 23.6 Å². The Kier molecular flexibility index (Phi) is 7.21. The summed E-state index contributed by atoms with van der Waals surface area (Å²) < 4.78 is 15.9. The number of amides is 2. The monoisotopic (exact) mass is 467 g/mol. The SMILES string of the molecule is COCCN(CC(=O)N1N=C(c2cccs2)CC1c1ccco1)C(=O)c1ccc(OC)cc1. The van der Waals surface area contributed by atoms with Crippen LogP contribution in [0, 0.1) is 0 Å². The summed E-state index contributed by atoms with van der Waals surface area (Å²) >= 11 is 1.57. The molecule has 0 aliphatic carbocycles. The molecule has 8 nitrogen and oxygen atoms in total. The summed E-state index contributed by atoms with van der Waals surface area (Å²) in [4.78, 5) is 29.1. The number of furan rings is 1. The van der Waals surface area contributed by atoms with Gasteiger partial charge in [-0.25, -0.2) is 5.01 Å². The Morgan fingerprint density at radius 2 is 2.00 bits per heavy atom. The number of benzene rings is 1. The van der Waals surface area contributed by atoms with Crippen molar-refractivity contribution in [3.05, 3.63) is 76.4 Å². The third-order valence-electron chi connectivity index (χ3n) is 5.36. The lowest BCUT2D eigenvalue weighted by atomic mass is 10.1. The molecule has 0 spiro atoms. The molecule has 0 saturated carbocycles. The lowest BCUT2D eigenvalue weighted by Crippen LogP contribution is -2.42. The number of hydrogen-bond donors (Lipinski definition) is 0. The van der Waals surface area contributed by atoms with E-state index in [0.29, 0.717) is 30.1 Å². The highest BCUT2D eigenvalue weighted by Crippen LogP contribution is 2.34. The summed E-state index contributed by atoms with van der Waals surface area (Å²) in [6.45, 7) is 0.445. The smallest absolute Gasteiger partial charge is 0.262 e. The predicted molar refractivity (Wildman–Crippen MR) is 125 cm³/mol. The zero-order valence-electron chi connectivity index (χ0n) is 18.5. The van der Waals surface area contributed by atoms with Gasteiger partial charge in [0.2, 0.25) is 0 Å². The van der Waals surface area contributed by atoms with Crippen LogP contribution in [-0.2, 0) is 9.53 Å². The highest BCUT2D eigenvalue weighted by atomic mass is 32.1. The Hall–Kier alpha value is -3.43. The molecule has 9 heteroatoms. The maximum absolute atomic E-state index is 13.4. The first-order valence-corrected chi connectivity index (χ1v) is 11.4. The number of methoxy groups -OCH3 is 2. The number of hydrogen-bond acceptors (Lipinski definition) is 7. The molecular formula is C24H25N3O5S. The molecule has 1 aliphatic rings. The minimum absolute atomic E-state index is 0.132. The summed E-state index contributed by atoms with van der Waals surface area (Å²) in [5, 5.41) is 8.04. The first-order chi connectivity index (χ1) is 16.1. The van der Waals surface area contributed by atoms with Crippen LogP contribution in [0.25, 0.3) is 0 Å². The van der Waals surface area contributed by atoms with E-state index in [9.17, 15) is 9.59 Å². The van der Waals surface area contributed by atoms with Crippen LogP contribution in [0.5, 0.6) is 5.75 Å². The van der Waals surface area contributed by atoms with Crippen LogP contribution in [-0.4, -0.2) is 61.4 Å². The highest BCUT2D eigenvalue weighted by Gasteiger charge is 2.36. The van der Waals surface area contributed by atoms with Crippen LogP contribution in [0.3, 0.4) is 0 Å². The fourth-order valence-corrected chi connectivity index (χ4v) is 4.36. The predicted octanol–water partition coefficient (Wildman–Crippen LogP) is 3.82. The highest BCUT2D eigenvalue weighted by molar-refractivity contribution is 7.12. The molecule has 1 unspecified atom stereocenters. The molecule has 172 valence electrons. The largest absolute Gasteiger partial charge is 0.497 e. The van der Waals surface area contributed by atoms with E-state index in [2.05, 4.69) is 5.10 Å². The van der Waals surface area contributed by atoms with Crippen LogP contribution in [0.4, 0.5) is 0 Å². The summed E-state index contributed by atoms with van der Waals surface area (Å²) in [6.07, 6.45) is 2.13. The van der Waals surface area contributed by atoms with Crippen molar-refractivity contribution in [3.63, 3.8) is 0 Å². The van der Waals surface area contributed by atoms with Crippen molar-refractivity contribution < 1.29 is 23.5 Å². The lowest BCUT2D eigenvalue weighted by molar-refractivity contribution is -0.134. The van der Waals surface area contributed by atoms with Crippen molar-refractivity contribution in [2.45, 2.75) is 12.5 Å². The number of nitrogens with zero attached hydrogens (tertiary/aromatic N) is 3. The Morgan fingerprint density at radius 1 is 1.18 bits per heavy atom. The average Bonchev–Trinajstić information content (AvgIpc) is 3.62. The van der Waals surface area contributed by atoms with Crippen molar-refractivity contribution in [3.8, 4) is 5.75 Å². The zero-order valence-corrected chi connectivity index (χ0v) is 19.3. The third-order valence-corrected chi connectivity index (χ3v) is 6.28. The number of ether oxygens (including phenoxy) is 2. The number of thiophene rings is 1. The molecular weight excluding hydrogens is 442 g/mol. The standard InChI is InChI=1S/C24H25N3O5S/c1-30-13-11-26(24(29)17-7-9-18(31-2)10-8-17)16-23(28)27-20(21-5-3-12-32-21)15-19(25-27)22-6-4-14-33-22/h3-10,12,14,20H,11,13,15-16H2,1-2H3. The number of hydrazone groups is 1. The zero-order chi connectivity index (χ0) is 23.2. The second kappa shape index (κ2) is 10.5. The van der Waals surface area contributed by atoms with Gasteiger partial charge in [0.25, 0.3) is 11.8 Å². The number of carbonyl (C=O) groups excluding carboxylic acids is 2. The second-order valence-electron chi connectivity index (χ2n) is 7.45. The maximum Gasteiger partial charge on any atom is 0.262 e. The molecule has 33 heavy (non-hydrogen) atoms. The van der Waals surface area contributed by atoms with Crippen molar-refractivity contribution in [1.29, 1.82) is 0 Å². The number of carbonyl (C=O) groups is 2. The molecule has 3 aromatic rings. The van der Waals surface area contributed by atoms with E-state index in [-0.39, 0.29) is 30.9 Å². The van der Waals surface area contributed by atoms with Crippen LogP contribution in [0.2, 0.25) is 0 Å². The van der Waals surface area contributed by atoms with Gasteiger partial charge in [-0.15, -0.1) is 11.3 Å². The molecule has 0 bridgehead atoms. The Balaban J connectivity index is 1.56. The first kappa shape index (κ1) is 22.8. The van der Waals surface area contributed by atoms with Crippen LogP contribution in [0.1, 0.15) is 33.5 Å². The molecule has 3 heterocycles. The van der Waals surface area contributed by atoms with E-state index in [1.165, 1.54) is 9.91 Å². The summed E-state index contributed by atoms with van der Waals surface area (Å²) in [5.74, 6) is 0.753. The molecule has 0 N–H and O–H groups in total. The fraction of sp³-hybridized carbons (Fsp3) is 0.292. The quantitative estimate of drug-likeness (QED) is 0.478. The van der Waals surface area contributed by atoms with E-state index < -0.39 is 0 Å². The van der Waals surface area contributed by atoms with Crippen LogP contribution < -0.4 is 4.74 Å². The fourth-order valence-electron chi connectivity index (χ4n) is 3.64.